The summed E-state index contributed by atoms with van der Waals surface area (Å²) in [7, 11) is 0. The van der Waals surface area contributed by atoms with Crippen molar-refractivity contribution in [1.82, 2.24) is 0 Å². The molecular formula is C30H48O3. The normalized spacial score (nSPS) is 52.4. The molecule has 3 nitrogen and oxygen atoms in total. The average Bonchev–Trinajstić information content (AvgIpc) is 2.70. The Labute approximate surface area is 201 Å². The first-order chi connectivity index (χ1) is 15.2. The van der Waals surface area contributed by atoms with Crippen LogP contribution in [-0.4, -0.2) is 22.3 Å². The Kier molecular flexibility index (Phi) is 5.15. The molecule has 0 bridgehead atoms. The number of aliphatic hydroxyl groups is 1. The maximum absolute atomic E-state index is 12.6. The van der Waals surface area contributed by atoms with Crippen molar-refractivity contribution in [3.05, 3.63) is 11.6 Å². The van der Waals surface area contributed by atoms with Crippen LogP contribution in [-0.2, 0) is 4.79 Å². The van der Waals surface area contributed by atoms with Gasteiger partial charge in [-0.3, -0.25) is 4.79 Å². The van der Waals surface area contributed by atoms with E-state index in [1.54, 1.807) is 5.57 Å². The Morgan fingerprint density at radius 3 is 2.27 bits per heavy atom. The van der Waals surface area contributed by atoms with Gasteiger partial charge in [0.05, 0.1) is 12.0 Å². The summed E-state index contributed by atoms with van der Waals surface area (Å²) in [5.41, 5.74) is 2.18. The van der Waals surface area contributed by atoms with E-state index in [-0.39, 0.29) is 33.7 Å². The van der Waals surface area contributed by atoms with E-state index >= 15 is 0 Å². The Morgan fingerprint density at radius 2 is 1.61 bits per heavy atom. The summed E-state index contributed by atoms with van der Waals surface area (Å²) in [6, 6.07) is 0. The molecular weight excluding hydrogens is 408 g/mol. The third kappa shape index (κ3) is 3.06. The maximum atomic E-state index is 12.6. The summed E-state index contributed by atoms with van der Waals surface area (Å²) in [6.07, 6.45) is 12.0. The molecule has 5 rings (SSSR count). The quantitative estimate of drug-likeness (QED) is 0.414. The van der Waals surface area contributed by atoms with Gasteiger partial charge < -0.3 is 10.2 Å². The van der Waals surface area contributed by atoms with Crippen LogP contribution in [0.15, 0.2) is 11.6 Å². The van der Waals surface area contributed by atoms with E-state index in [1.165, 1.54) is 0 Å². The lowest BCUT2D eigenvalue weighted by molar-refractivity contribution is -0.205. The van der Waals surface area contributed by atoms with Crippen LogP contribution >= 0.6 is 0 Å². The van der Waals surface area contributed by atoms with Crippen molar-refractivity contribution in [2.75, 3.05) is 0 Å². The molecule has 9 atom stereocenters. The minimum Gasteiger partial charge on any atom is -0.481 e. The molecule has 2 N–H and O–H groups in total. The first-order valence-corrected chi connectivity index (χ1v) is 13.8. The highest BCUT2D eigenvalue weighted by Crippen LogP contribution is 2.75. The van der Waals surface area contributed by atoms with Crippen molar-refractivity contribution in [1.29, 1.82) is 0 Å². The Morgan fingerprint density at radius 1 is 0.909 bits per heavy atom. The third-order valence-electron chi connectivity index (χ3n) is 12.8. The van der Waals surface area contributed by atoms with Gasteiger partial charge in [-0.05, 0) is 109 Å². The van der Waals surface area contributed by atoms with Crippen LogP contribution in [0.25, 0.3) is 0 Å². The molecule has 0 saturated heterocycles. The number of carbonyl (C=O) groups is 1. The number of hydrogen-bond acceptors (Lipinski definition) is 2. The second-order valence-corrected chi connectivity index (χ2v) is 15.0. The van der Waals surface area contributed by atoms with Gasteiger partial charge in [0.25, 0.3) is 0 Å². The molecule has 0 aromatic heterocycles. The lowest BCUT2D eigenvalue weighted by atomic mass is 9.34. The van der Waals surface area contributed by atoms with E-state index in [0.29, 0.717) is 29.1 Å². The fourth-order valence-corrected chi connectivity index (χ4v) is 10.7. The predicted molar refractivity (Wildman–Crippen MR) is 133 cm³/mol. The zero-order chi connectivity index (χ0) is 24.2. The highest BCUT2D eigenvalue weighted by Gasteiger charge is 2.68. The second kappa shape index (κ2) is 7.11. The minimum absolute atomic E-state index is 0.0399. The van der Waals surface area contributed by atoms with Gasteiger partial charge in [-0.2, -0.15) is 0 Å². The molecule has 0 aromatic rings. The molecule has 5 aliphatic rings. The molecule has 3 heteroatoms. The van der Waals surface area contributed by atoms with E-state index in [1.807, 2.05) is 0 Å². The lowest BCUT2D eigenvalue weighted by Crippen LogP contribution is -2.64. The van der Waals surface area contributed by atoms with Gasteiger partial charge in [0.2, 0.25) is 0 Å². The molecule has 4 fully saturated rings. The van der Waals surface area contributed by atoms with Crippen LogP contribution in [0.3, 0.4) is 0 Å². The standard InChI is InChI=1S/C30H48O3/c1-26(2)13-10-18-19(16-26)21-8-9-23-28(5)14-12-24(31)27(3,4)22(28)11-15-29(23,6)30(21,7)17-20(18)25(32)33/h8,18-20,22-24,31H,9-17H2,1-7H3,(H,32,33). The number of carboxylic acids is 1. The molecule has 33 heavy (non-hydrogen) atoms. The minimum atomic E-state index is -0.558. The summed E-state index contributed by atoms with van der Waals surface area (Å²) in [5, 5.41) is 21.3. The van der Waals surface area contributed by atoms with Crippen LogP contribution < -0.4 is 0 Å². The van der Waals surface area contributed by atoms with Gasteiger partial charge in [0.15, 0.2) is 0 Å². The highest BCUT2D eigenvalue weighted by molar-refractivity contribution is 5.71. The van der Waals surface area contributed by atoms with Gasteiger partial charge in [0.1, 0.15) is 0 Å². The highest BCUT2D eigenvalue weighted by atomic mass is 16.4. The largest absolute Gasteiger partial charge is 0.481 e. The number of hydrogen-bond donors (Lipinski definition) is 2. The van der Waals surface area contributed by atoms with Crippen LogP contribution in [0.4, 0.5) is 0 Å². The number of allylic oxidation sites excluding steroid dienone is 2. The first kappa shape index (κ1) is 23.9. The molecule has 186 valence electrons. The van der Waals surface area contributed by atoms with E-state index in [9.17, 15) is 15.0 Å². The second-order valence-electron chi connectivity index (χ2n) is 15.0. The molecule has 0 amide bonds. The van der Waals surface area contributed by atoms with E-state index in [4.69, 9.17) is 0 Å². The van der Waals surface area contributed by atoms with Crippen molar-refractivity contribution < 1.29 is 15.0 Å². The van der Waals surface area contributed by atoms with Crippen LogP contribution in [0.1, 0.15) is 106 Å². The maximum Gasteiger partial charge on any atom is 0.306 e. The van der Waals surface area contributed by atoms with Crippen molar-refractivity contribution in [2.24, 2.45) is 56.7 Å². The Balaban J connectivity index is 1.60. The predicted octanol–water partition coefficient (Wildman–Crippen LogP) is 7.09. The van der Waals surface area contributed by atoms with Gasteiger partial charge in [0, 0.05) is 0 Å². The van der Waals surface area contributed by atoms with Gasteiger partial charge in [-0.15, -0.1) is 0 Å². The number of aliphatic carboxylic acids is 1. The number of aliphatic hydroxyl groups excluding tert-OH is 1. The van der Waals surface area contributed by atoms with E-state index in [0.717, 1.165) is 57.8 Å². The van der Waals surface area contributed by atoms with Crippen LogP contribution in [0.2, 0.25) is 0 Å². The SMILES string of the molecule is CC1(C)CCC2C(C(=O)O)CC3(C)C(=CCC4C5(C)CCC(O)C(C)(C)C5CCC43C)C2C1. The molecule has 9 unspecified atom stereocenters. The summed E-state index contributed by atoms with van der Waals surface area (Å²) in [5.74, 6) is 1.07. The fraction of sp³-hybridized carbons (Fsp3) is 0.900. The monoisotopic (exact) mass is 456 g/mol. The number of carboxylic acid groups (broad SMARTS) is 1. The zero-order valence-electron chi connectivity index (χ0n) is 22.2. The first-order valence-electron chi connectivity index (χ1n) is 13.8. The summed E-state index contributed by atoms with van der Waals surface area (Å²) >= 11 is 0. The molecule has 0 spiro atoms. The van der Waals surface area contributed by atoms with Gasteiger partial charge in [-0.1, -0.05) is 60.1 Å². The smallest absolute Gasteiger partial charge is 0.306 e. The van der Waals surface area contributed by atoms with Crippen LogP contribution in [0.5, 0.6) is 0 Å². The summed E-state index contributed by atoms with van der Waals surface area (Å²) in [4.78, 5) is 12.6. The van der Waals surface area contributed by atoms with E-state index < -0.39 is 5.97 Å². The van der Waals surface area contributed by atoms with Crippen molar-refractivity contribution >= 4 is 5.97 Å². The topological polar surface area (TPSA) is 57.5 Å². The Hall–Kier alpha value is -0.830. The molecule has 5 aliphatic carbocycles. The molecule has 4 saturated carbocycles. The molecule has 0 aromatic carbocycles. The van der Waals surface area contributed by atoms with E-state index in [2.05, 4.69) is 54.5 Å². The number of rotatable bonds is 1. The summed E-state index contributed by atoms with van der Waals surface area (Å²) in [6.45, 7) is 16.9. The molecule has 0 radical (unpaired) electrons. The molecule has 0 heterocycles. The van der Waals surface area contributed by atoms with Crippen LogP contribution in [0, 0.1) is 56.7 Å². The fourth-order valence-electron chi connectivity index (χ4n) is 10.7. The van der Waals surface area contributed by atoms with Crippen molar-refractivity contribution in [3.63, 3.8) is 0 Å². The van der Waals surface area contributed by atoms with Crippen molar-refractivity contribution in [2.45, 2.75) is 112 Å². The van der Waals surface area contributed by atoms with Crippen molar-refractivity contribution in [3.8, 4) is 0 Å². The van der Waals surface area contributed by atoms with Gasteiger partial charge in [-0.25, -0.2) is 0 Å². The number of fused-ring (bicyclic) bond motifs is 7. The summed E-state index contributed by atoms with van der Waals surface area (Å²) < 4.78 is 0. The average molecular weight is 457 g/mol. The lowest BCUT2D eigenvalue weighted by Gasteiger charge is -2.71. The Bertz CT molecular complexity index is 870. The third-order valence-corrected chi connectivity index (χ3v) is 12.8. The van der Waals surface area contributed by atoms with Gasteiger partial charge >= 0.3 is 5.97 Å². The zero-order valence-corrected chi connectivity index (χ0v) is 22.2. The molecule has 0 aliphatic heterocycles.